The predicted octanol–water partition coefficient (Wildman–Crippen LogP) is -0.634. The molecule has 0 saturated heterocycles. The third-order valence-corrected chi connectivity index (χ3v) is 0. The summed E-state index contributed by atoms with van der Waals surface area (Å²) in [7, 11) is 0. The average molecular weight is 151 g/mol. The predicted molar refractivity (Wildman–Crippen MR) is 44.7 cm³/mol. The maximum Gasteiger partial charge on any atom is 0.300 e. The highest BCUT2D eigenvalue weighted by atomic mass is 16.4. The molecule has 0 aliphatic rings. The first-order valence-corrected chi connectivity index (χ1v) is 1.86. The van der Waals surface area contributed by atoms with Gasteiger partial charge in [-0.1, -0.05) is 15.8 Å². The highest BCUT2D eigenvalue weighted by Gasteiger charge is 1.65. The molecule has 5 heteroatoms. The summed E-state index contributed by atoms with van der Waals surface area (Å²) in [5.41, 5.74) is 0. The minimum Gasteiger partial charge on any atom is -0.481 e. The Morgan fingerprint density at radius 1 is 1.00 bits per heavy atom. The fourth-order valence-corrected chi connectivity index (χ4v) is 0. The van der Waals surface area contributed by atoms with Crippen LogP contribution in [0.25, 0.3) is 0 Å². The van der Waals surface area contributed by atoms with E-state index < -0.39 is 11.9 Å². The second-order valence-electron chi connectivity index (χ2n) is 1.04. The fourth-order valence-electron chi connectivity index (χ4n) is 0. The molecule has 0 heterocycles. The summed E-state index contributed by atoms with van der Waals surface area (Å²) in [6.07, 6.45) is 0. The van der Waals surface area contributed by atoms with Crippen molar-refractivity contribution in [2.24, 2.45) is 0 Å². The van der Waals surface area contributed by atoms with Crippen molar-refractivity contribution in [1.29, 1.82) is 0 Å². The van der Waals surface area contributed by atoms with Gasteiger partial charge in [0.2, 0.25) is 0 Å². The van der Waals surface area contributed by atoms with Crippen LogP contribution in [0.2, 0.25) is 0 Å². The molecule has 0 atom stereocenters. The van der Waals surface area contributed by atoms with E-state index in [1.54, 1.807) is 0 Å². The van der Waals surface area contributed by atoms with Gasteiger partial charge in [0, 0.05) is 13.8 Å². The lowest BCUT2D eigenvalue weighted by molar-refractivity contribution is -0.135. The highest BCUT2D eigenvalue weighted by Crippen LogP contribution is 1.42. The van der Waals surface area contributed by atoms with E-state index in [2.05, 4.69) is 0 Å². The van der Waals surface area contributed by atoms with E-state index in [0.717, 1.165) is 13.8 Å². The average Bonchev–Trinajstić information content (AvgIpc) is 1.25. The standard InChI is InChI=1S/2C2H4O2.CH4.BH4/c2*1-2(3)4;;/h2*1H3,(H,3,4);2*1H4/q;;;-1. The Balaban J connectivity index is -0.0000000300. The van der Waals surface area contributed by atoms with Crippen LogP contribution in [0, 0.1) is 0 Å². The number of hydrogen-bond acceptors (Lipinski definition) is 2. The molecular weight excluding hydrogens is 135 g/mol. The Kier molecular flexibility index (Phi) is 36.1. The van der Waals surface area contributed by atoms with Gasteiger partial charge in [0.05, 0.1) is 0 Å². The van der Waals surface area contributed by atoms with Crippen molar-refractivity contribution in [1.82, 2.24) is 0 Å². The van der Waals surface area contributed by atoms with E-state index in [4.69, 9.17) is 19.8 Å². The number of carboxylic acid groups (broad SMARTS) is 2. The van der Waals surface area contributed by atoms with Gasteiger partial charge in [0.25, 0.3) is 11.9 Å². The molecule has 0 aromatic heterocycles. The van der Waals surface area contributed by atoms with E-state index in [0.29, 0.717) is 0 Å². The molecule has 10 heavy (non-hydrogen) atoms. The molecule has 0 unspecified atom stereocenters. The summed E-state index contributed by atoms with van der Waals surface area (Å²) in [5.74, 6) is -1.67. The zero-order chi connectivity index (χ0) is 7.15. The van der Waals surface area contributed by atoms with Gasteiger partial charge < -0.3 is 10.2 Å². The van der Waals surface area contributed by atoms with Crippen molar-refractivity contribution < 1.29 is 19.8 Å². The van der Waals surface area contributed by atoms with Crippen LogP contribution < -0.4 is 0 Å². The third kappa shape index (κ3) is 255. The minimum absolute atomic E-state index is 0. The molecule has 4 nitrogen and oxygen atoms in total. The van der Waals surface area contributed by atoms with Crippen molar-refractivity contribution in [3.8, 4) is 0 Å². The quantitative estimate of drug-likeness (QED) is 0.452. The van der Waals surface area contributed by atoms with Crippen molar-refractivity contribution >= 4 is 20.4 Å². The maximum absolute atomic E-state index is 9.00. The van der Waals surface area contributed by atoms with Crippen LogP contribution in [0.5, 0.6) is 0 Å². The molecule has 0 rings (SSSR count). The van der Waals surface area contributed by atoms with Gasteiger partial charge in [0.1, 0.15) is 0 Å². The molecule has 0 amide bonds. The van der Waals surface area contributed by atoms with Crippen LogP contribution >= 0.6 is 0 Å². The Hall–Kier alpha value is -0.995. The van der Waals surface area contributed by atoms with Gasteiger partial charge in [-0.25, -0.2) is 0 Å². The first kappa shape index (κ1) is 23.0. The van der Waals surface area contributed by atoms with E-state index in [-0.39, 0.29) is 15.8 Å². The van der Waals surface area contributed by atoms with Crippen molar-refractivity contribution in [2.75, 3.05) is 0 Å². The molecule has 2 N–H and O–H groups in total. The lowest BCUT2D eigenvalue weighted by atomic mass is 10.8. The van der Waals surface area contributed by atoms with Crippen LogP contribution in [0.1, 0.15) is 21.3 Å². The maximum atomic E-state index is 9.00. The second-order valence-corrected chi connectivity index (χ2v) is 1.04. The lowest BCUT2D eigenvalue weighted by Gasteiger charge is -1.59. The zero-order valence-electron chi connectivity index (χ0n) is 4.71. The number of aliphatic carboxylic acids is 2. The minimum atomic E-state index is -0.833. The number of hydrogen-bond donors (Lipinski definition) is 2. The Bertz CT molecular complexity index is 71.6. The molecule has 0 aliphatic heterocycles. The normalized spacial score (nSPS) is 5.00. The Labute approximate surface area is 62.4 Å². The van der Waals surface area contributed by atoms with E-state index in [9.17, 15) is 0 Å². The summed E-state index contributed by atoms with van der Waals surface area (Å²) >= 11 is 0. The van der Waals surface area contributed by atoms with Crippen molar-refractivity contribution in [2.45, 2.75) is 21.3 Å². The topological polar surface area (TPSA) is 74.6 Å². The molecule has 0 fully saturated rings. The van der Waals surface area contributed by atoms with E-state index >= 15 is 0 Å². The fraction of sp³-hybridized carbons (Fsp3) is 0.600. The number of carbonyl (C=O) groups is 2. The molecule has 0 aliphatic carbocycles. The van der Waals surface area contributed by atoms with Gasteiger partial charge in [-0.15, -0.1) is 0 Å². The van der Waals surface area contributed by atoms with Crippen LogP contribution in [-0.4, -0.2) is 30.6 Å². The van der Waals surface area contributed by atoms with Gasteiger partial charge in [-0.3, -0.25) is 9.59 Å². The van der Waals surface area contributed by atoms with E-state index in [1.807, 2.05) is 0 Å². The molecule has 0 aromatic rings. The largest absolute Gasteiger partial charge is 0.481 e. The first-order valence-electron chi connectivity index (χ1n) is 1.86. The summed E-state index contributed by atoms with van der Waals surface area (Å²) in [6.45, 7) is 2.17. The Morgan fingerprint density at radius 2 is 1.00 bits per heavy atom. The smallest absolute Gasteiger partial charge is 0.300 e. The van der Waals surface area contributed by atoms with Crippen LogP contribution in [-0.2, 0) is 9.59 Å². The summed E-state index contributed by atoms with van der Waals surface area (Å²) in [5, 5.41) is 14.8. The summed E-state index contributed by atoms with van der Waals surface area (Å²) < 4.78 is 0. The second kappa shape index (κ2) is 15.7. The highest BCUT2D eigenvalue weighted by molar-refractivity contribution is 5.75. The van der Waals surface area contributed by atoms with Crippen molar-refractivity contribution in [3.63, 3.8) is 0 Å². The number of rotatable bonds is 0. The Morgan fingerprint density at radius 3 is 1.00 bits per heavy atom. The van der Waals surface area contributed by atoms with Crippen LogP contribution in [0.3, 0.4) is 0 Å². The molecule has 0 saturated carbocycles. The monoisotopic (exact) mass is 151 g/mol. The zero-order valence-corrected chi connectivity index (χ0v) is 4.71. The molecule has 0 bridgehead atoms. The van der Waals surface area contributed by atoms with Gasteiger partial charge in [-0.05, 0) is 0 Å². The van der Waals surface area contributed by atoms with Crippen LogP contribution in [0.4, 0.5) is 0 Å². The lowest BCUT2D eigenvalue weighted by Crippen LogP contribution is -1.78. The molecule has 0 radical (unpaired) electrons. The van der Waals surface area contributed by atoms with E-state index in [1.165, 1.54) is 0 Å². The molecular formula is C5H16BO4-. The van der Waals surface area contributed by atoms with Crippen molar-refractivity contribution in [3.05, 3.63) is 0 Å². The van der Waals surface area contributed by atoms with Crippen LogP contribution in [0.15, 0.2) is 0 Å². The number of carboxylic acids is 2. The third-order valence-electron chi connectivity index (χ3n) is 0. The molecule has 0 spiro atoms. The molecule has 0 aromatic carbocycles. The first-order chi connectivity index (χ1) is 3.46. The van der Waals surface area contributed by atoms with Gasteiger partial charge >= 0.3 is 0 Å². The molecule has 64 valence electrons. The van der Waals surface area contributed by atoms with Gasteiger partial charge in [0.15, 0.2) is 0 Å². The summed E-state index contributed by atoms with van der Waals surface area (Å²) in [4.78, 5) is 18.0. The summed E-state index contributed by atoms with van der Waals surface area (Å²) in [6, 6.07) is 0. The SMILES string of the molecule is C.CC(=O)O.CC(=O)O.[BH4-]. The van der Waals surface area contributed by atoms with Gasteiger partial charge in [-0.2, -0.15) is 0 Å².